The van der Waals surface area contributed by atoms with Gasteiger partial charge in [0.2, 0.25) is 0 Å². The minimum atomic E-state index is 0.375. The Kier molecular flexibility index (Phi) is 6.78. The number of halogens is 3. The van der Waals surface area contributed by atoms with Crippen molar-refractivity contribution in [3.05, 3.63) is 80.9 Å². The first-order chi connectivity index (χ1) is 13.0. The van der Waals surface area contributed by atoms with Crippen LogP contribution in [-0.2, 0) is 0 Å². The average Bonchev–Trinajstić information content (AvgIpc) is 3.05. The Balaban J connectivity index is 0.00000102. The summed E-state index contributed by atoms with van der Waals surface area (Å²) in [5.41, 5.74) is 3.71. The summed E-state index contributed by atoms with van der Waals surface area (Å²) >= 11 is 18.8. The maximum absolute atomic E-state index is 6.57. The van der Waals surface area contributed by atoms with Gasteiger partial charge in [-0.25, -0.2) is 0 Å². The van der Waals surface area contributed by atoms with E-state index in [2.05, 4.69) is 30.1 Å². The average molecular weight is 423 g/mol. The van der Waals surface area contributed by atoms with Gasteiger partial charge in [0.05, 0.1) is 0 Å². The molecule has 3 unspecified atom stereocenters. The summed E-state index contributed by atoms with van der Waals surface area (Å²) in [5.74, 6) is 1.82. The molecule has 4 atom stereocenters. The molecule has 0 radical (unpaired) electrons. The molecule has 4 heteroatoms. The third kappa shape index (κ3) is 4.16. The first-order valence-electron chi connectivity index (χ1n) is 9.67. The fourth-order valence-corrected chi connectivity index (χ4v) is 5.37. The van der Waals surface area contributed by atoms with Crippen LogP contribution in [0.4, 0.5) is 0 Å². The minimum Gasteiger partial charge on any atom is -0.388 e. The lowest BCUT2D eigenvalue weighted by Crippen LogP contribution is -2.31. The maximum atomic E-state index is 6.57. The zero-order chi connectivity index (χ0) is 19.6. The third-order valence-corrected chi connectivity index (χ3v) is 6.64. The fourth-order valence-electron chi connectivity index (χ4n) is 4.70. The summed E-state index contributed by atoms with van der Waals surface area (Å²) in [5, 5.41) is 5.71. The van der Waals surface area contributed by atoms with Crippen LogP contribution < -0.4 is 5.32 Å². The molecule has 2 aliphatic rings. The summed E-state index contributed by atoms with van der Waals surface area (Å²) in [6.45, 7) is 9.20. The lowest BCUT2D eigenvalue weighted by molar-refractivity contribution is 0.240. The lowest BCUT2D eigenvalue weighted by Gasteiger charge is -2.40. The monoisotopic (exact) mass is 421 g/mol. The van der Waals surface area contributed by atoms with E-state index in [9.17, 15) is 0 Å². The van der Waals surface area contributed by atoms with E-state index >= 15 is 0 Å². The molecule has 1 N–H and O–H groups in total. The lowest BCUT2D eigenvalue weighted by atomic mass is 9.63. The minimum absolute atomic E-state index is 0.375. The van der Waals surface area contributed by atoms with E-state index in [4.69, 9.17) is 34.8 Å². The SMILES string of the molecule is C=C1NCC2C1CCC(c1ccc(Cl)cc1Cl)[C@@H]2c1ccc(Cl)cc1.CC. The highest BCUT2D eigenvalue weighted by Crippen LogP contribution is 2.54. The molecule has 0 aromatic heterocycles. The van der Waals surface area contributed by atoms with E-state index in [1.165, 1.54) is 16.8 Å². The highest BCUT2D eigenvalue weighted by molar-refractivity contribution is 6.35. The second kappa shape index (κ2) is 8.90. The molecule has 0 bridgehead atoms. The van der Waals surface area contributed by atoms with Crippen molar-refractivity contribution >= 4 is 34.8 Å². The standard InChI is InChI=1S/C21H20Cl3N.C2H6/c1-12-16-8-9-18(17-7-6-15(23)10-20(17)24)21(19(16)11-25-12)13-2-4-14(22)5-3-13;1-2/h2-7,10,16,18-19,21,25H,1,8-9,11H2;1-2H3/t16?,18?,19?,21-;/m0./s1. The second-order valence-corrected chi connectivity index (χ2v) is 8.38. The third-order valence-electron chi connectivity index (χ3n) is 5.83. The van der Waals surface area contributed by atoms with E-state index in [-0.39, 0.29) is 0 Å². The molecule has 144 valence electrons. The Bertz CT molecular complexity index is 800. The van der Waals surface area contributed by atoms with Crippen molar-refractivity contribution < 1.29 is 0 Å². The Labute approximate surface area is 177 Å². The zero-order valence-corrected chi connectivity index (χ0v) is 18.1. The molecule has 1 heterocycles. The molecule has 1 aliphatic carbocycles. The number of rotatable bonds is 2. The van der Waals surface area contributed by atoms with Crippen molar-refractivity contribution in [3.8, 4) is 0 Å². The van der Waals surface area contributed by atoms with Gasteiger partial charge in [-0.1, -0.05) is 73.4 Å². The zero-order valence-electron chi connectivity index (χ0n) is 15.8. The number of hydrogen-bond acceptors (Lipinski definition) is 1. The van der Waals surface area contributed by atoms with Gasteiger partial charge in [0, 0.05) is 33.2 Å². The van der Waals surface area contributed by atoms with Crippen LogP contribution >= 0.6 is 34.8 Å². The van der Waals surface area contributed by atoms with Crippen LogP contribution in [0.1, 0.15) is 49.7 Å². The summed E-state index contributed by atoms with van der Waals surface area (Å²) in [6, 6.07) is 14.2. The Morgan fingerprint density at radius 1 is 0.889 bits per heavy atom. The van der Waals surface area contributed by atoms with Crippen molar-refractivity contribution in [2.45, 2.75) is 38.5 Å². The Morgan fingerprint density at radius 2 is 1.52 bits per heavy atom. The first kappa shape index (κ1) is 20.6. The molecule has 1 aliphatic heterocycles. The smallest absolute Gasteiger partial charge is 0.0455 e. The first-order valence-corrected chi connectivity index (χ1v) is 10.8. The molecule has 2 aromatic rings. The van der Waals surface area contributed by atoms with Crippen molar-refractivity contribution in [1.82, 2.24) is 5.32 Å². The number of allylic oxidation sites excluding steroid dienone is 1. The molecule has 2 aromatic carbocycles. The molecular formula is C23H26Cl3N. The number of nitrogens with one attached hydrogen (secondary N) is 1. The second-order valence-electron chi connectivity index (χ2n) is 7.10. The van der Waals surface area contributed by atoms with Crippen LogP contribution in [0.25, 0.3) is 0 Å². The van der Waals surface area contributed by atoms with Crippen LogP contribution in [0, 0.1) is 11.8 Å². The van der Waals surface area contributed by atoms with Gasteiger partial charge in [-0.15, -0.1) is 0 Å². The van der Waals surface area contributed by atoms with E-state index < -0.39 is 0 Å². The predicted octanol–water partition coefficient (Wildman–Crippen LogP) is 7.68. The van der Waals surface area contributed by atoms with Crippen LogP contribution in [0.5, 0.6) is 0 Å². The Morgan fingerprint density at radius 3 is 2.19 bits per heavy atom. The highest BCUT2D eigenvalue weighted by atomic mass is 35.5. The van der Waals surface area contributed by atoms with Gasteiger partial charge < -0.3 is 5.32 Å². The van der Waals surface area contributed by atoms with Gasteiger partial charge in [0.15, 0.2) is 0 Å². The van der Waals surface area contributed by atoms with Crippen LogP contribution in [0.3, 0.4) is 0 Å². The molecular weight excluding hydrogens is 397 g/mol. The largest absolute Gasteiger partial charge is 0.388 e. The van der Waals surface area contributed by atoms with E-state index in [1.54, 1.807) is 0 Å². The maximum Gasteiger partial charge on any atom is 0.0455 e. The molecule has 0 spiro atoms. The molecule has 4 rings (SSSR count). The van der Waals surface area contributed by atoms with Crippen molar-refractivity contribution in [1.29, 1.82) is 0 Å². The van der Waals surface area contributed by atoms with Crippen molar-refractivity contribution in [3.63, 3.8) is 0 Å². The summed E-state index contributed by atoms with van der Waals surface area (Å²) < 4.78 is 0. The molecule has 1 nitrogen and oxygen atoms in total. The predicted molar refractivity (Wildman–Crippen MR) is 118 cm³/mol. The molecule has 2 fully saturated rings. The number of fused-ring (bicyclic) bond motifs is 1. The quantitative estimate of drug-likeness (QED) is 0.523. The number of hydrogen-bond donors (Lipinski definition) is 1. The molecule has 1 saturated carbocycles. The number of benzene rings is 2. The summed E-state index contributed by atoms with van der Waals surface area (Å²) in [7, 11) is 0. The normalized spacial score (nSPS) is 26.6. The molecule has 27 heavy (non-hydrogen) atoms. The van der Waals surface area contributed by atoms with Crippen LogP contribution in [0.15, 0.2) is 54.7 Å². The van der Waals surface area contributed by atoms with E-state index in [0.29, 0.717) is 28.7 Å². The van der Waals surface area contributed by atoms with Gasteiger partial charge >= 0.3 is 0 Å². The molecule has 1 saturated heterocycles. The van der Waals surface area contributed by atoms with Crippen LogP contribution in [-0.4, -0.2) is 6.54 Å². The van der Waals surface area contributed by atoms with Gasteiger partial charge in [-0.3, -0.25) is 0 Å². The van der Waals surface area contributed by atoms with Gasteiger partial charge in [-0.05, 0) is 66.0 Å². The van der Waals surface area contributed by atoms with Gasteiger partial charge in [0.25, 0.3) is 0 Å². The summed E-state index contributed by atoms with van der Waals surface area (Å²) in [6.07, 6.45) is 2.24. The van der Waals surface area contributed by atoms with Crippen LogP contribution in [0.2, 0.25) is 15.1 Å². The van der Waals surface area contributed by atoms with Crippen molar-refractivity contribution in [2.24, 2.45) is 11.8 Å². The topological polar surface area (TPSA) is 12.0 Å². The highest BCUT2D eigenvalue weighted by Gasteiger charge is 2.45. The summed E-state index contributed by atoms with van der Waals surface area (Å²) in [4.78, 5) is 0. The van der Waals surface area contributed by atoms with Gasteiger partial charge in [0.1, 0.15) is 0 Å². The fraction of sp³-hybridized carbons (Fsp3) is 0.391. The van der Waals surface area contributed by atoms with Gasteiger partial charge in [-0.2, -0.15) is 0 Å². The van der Waals surface area contributed by atoms with E-state index in [0.717, 1.165) is 29.4 Å². The van der Waals surface area contributed by atoms with E-state index in [1.807, 2.05) is 38.1 Å². The Hall–Kier alpha value is -1.15. The molecule has 0 amide bonds. The van der Waals surface area contributed by atoms with Crippen molar-refractivity contribution in [2.75, 3.05) is 6.54 Å².